The van der Waals surface area contributed by atoms with Crippen molar-refractivity contribution in [2.45, 2.75) is 283 Å². The van der Waals surface area contributed by atoms with Gasteiger partial charge in [-0.15, -0.1) is 0 Å². The first-order valence-electron chi connectivity index (χ1n) is 25.6. The Morgan fingerprint density at radius 1 is 0.483 bits per heavy atom. The number of carbonyl (C=O) groups excluding carboxylic acids is 2. The van der Waals surface area contributed by atoms with Crippen molar-refractivity contribution in [2.75, 3.05) is 13.2 Å². The van der Waals surface area contributed by atoms with Crippen molar-refractivity contribution in [3.05, 3.63) is 24.3 Å². The summed E-state index contributed by atoms with van der Waals surface area (Å²) in [6, 6.07) is -0.548. The summed E-state index contributed by atoms with van der Waals surface area (Å²) in [4.78, 5) is 24.4. The fraction of sp³-hybridized carbons (Fsp3) is 0.885. The van der Waals surface area contributed by atoms with Crippen LogP contribution in [0.3, 0.4) is 0 Å². The van der Waals surface area contributed by atoms with E-state index < -0.39 is 12.1 Å². The van der Waals surface area contributed by atoms with Gasteiger partial charge in [-0.3, -0.25) is 9.59 Å². The summed E-state index contributed by atoms with van der Waals surface area (Å²) < 4.78 is 5.46. The summed E-state index contributed by atoms with van der Waals surface area (Å²) >= 11 is 0. The maximum Gasteiger partial charge on any atom is 0.305 e. The van der Waals surface area contributed by atoms with Crippen molar-refractivity contribution in [1.29, 1.82) is 0 Å². The van der Waals surface area contributed by atoms with Gasteiger partial charge in [0.1, 0.15) is 0 Å². The molecular formula is C52H99NO5. The van der Waals surface area contributed by atoms with Gasteiger partial charge in [-0.05, 0) is 57.8 Å². The minimum Gasteiger partial charge on any atom is -0.466 e. The lowest BCUT2D eigenvalue weighted by molar-refractivity contribution is -0.143. The molecule has 2 unspecified atom stereocenters. The first-order valence-corrected chi connectivity index (χ1v) is 25.6. The third kappa shape index (κ3) is 43.9. The Bertz CT molecular complexity index is 904. The smallest absolute Gasteiger partial charge is 0.305 e. The molecule has 6 nitrogen and oxygen atoms in total. The van der Waals surface area contributed by atoms with E-state index in [4.69, 9.17) is 4.74 Å². The van der Waals surface area contributed by atoms with Gasteiger partial charge >= 0.3 is 5.97 Å². The number of esters is 1. The van der Waals surface area contributed by atoms with E-state index in [1.807, 2.05) is 0 Å². The number of rotatable bonds is 47. The van der Waals surface area contributed by atoms with Gasteiger partial charge in [0.15, 0.2) is 0 Å². The third-order valence-corrected chi connectivity index (χ3v) is 11.8. The van der Waals surface area contributed by atoms with Crippen LogP contribution < -0.4 is 5.32 Å². The molecular weight excluding hydrogens is 719 g/mol. The molecule has 2 atom stereocenters. The standard InChI is InChI=1S/C52H99NO5/c1-3-5-7-9-11-13-15-16-17-18-22-26-30-34-38-42-46-52(57)58-47-43-39-35-31-27-23-20-19-21-25-29-33-37-41-45-51(56)53-49(48-54)50(55)44-40-36-32-28-24-14-12-10-8-6-4-2/h13,15,17-18,49-50,54-55H,3-12,14,16,19-48H2,1-2H3,(H,53,56)/b15-13-,18-17-. The minimum absolute atomic E-state index is 0.0159. The summed E-state index contributed by atoms with van der Waals surface area (Å²) in [5.74, 6) is -0.0634. The van der Waals surface area contributed by atoms with Crippen LogP contribution in [0.25, 0.3) is 0 Å². The second-order valence-corrected chi connectivity index (χ2v) is 17.5. The molecule has 0 fully saturated rings. The number of amides is 1. The maximum absolute atomic E-state index is 12.4. The zero-order chi connectivity index (χ0) is 42.3. The van der Waals surface area contributed by atoms with Crippen LogP contribution in [0, 0.1) is 0 Å². The van der Waals surface area contributed by atoms with Gasteiger partial charge in [0.2, 0.25) is 5.91 Å². The zero-order valence-corrected chi connectivity index (χ0v) is 38.8. The van der Waals surface area contributed by atoms with Crippen LogP contribution in [0.4, 0.5) is 0 Å². The Labute approximate surface area is 361 Å². The molecule has 0 radical (unpaired) electrons. The van der Waals surface area contributed by atoms with Gasteiger partial charge in [0.25, 0.3) is 0 Å². The topological polar surface area (TPSA) is 95.9 Å². The lowest BCUT2D eigenvalue weighted by Crippen LogP contribution is -2.45. The van der Waals surface area contributed by atoms with Crippen LogP contribution in [0.1, 0.15) is 271 Å². The summed E-state index contributed by atoms with van der Waals surface area (Å²) in [5.41, 5.74) is 0. The molecule has 6 heteroatoms. The molecule has 0 rings (SSSR count). The molecule has 0 aliphatic rings. The molecule has 0 aromatic heterocycles. The minimum atomic E-state index is -0.670. The van der Waals surface area contributed by atoms with Gasteiger partial charge in [-0.25, -0.2) is 0 Å². The van der Waals surface area contributed by atoms with Gasteiger partial charge < -0.3 is 20.3 Å². The normalized spacial score (nSPS) is 12.8. The van der Waals surface area contributed by atoms with E-state index in [0.29, 0.717) is 25.9 Å². The quantitative estimate of drug-likeness (QED) is 0.0323. The predicted octanol–water partition coefficient (Wildman–Crippen LogP) is 15.1. The van der Waals surface area contributed by atoms with Crippen LogP contribution in [0.15, 0.2) is 24.3 Å². The van der Waals surface area contributed by atoms with Crippen LogP contribution in [-0.4, -0.2) is 47.4 Å². The molecule has 342 valence electrons. The van der Waals surface area contributed by atoms with E-state index >= 15 is 0 Å². The largest absolute Gasteiger partial charge is 0.466 e. The Hall–Kier alpha value is -1.66. The molecule has 0 bridgehead atoms. The summed E-state index contributed by atoms with van der Waals surface area (Å²) in [6.07, 6.45) is 55.7. The van der Waals surface area contributed by atoms with E-state index in [0.717, 1.165) is 57.8 Å². The highest BCUT2D eigenvalue weighted by Crippen LogP contribution is 2.16. The fourth-order valence-electron chi connectivity index (χ4n) is 7.79. The Morgan fingerprint density at radius 2 is 0.862 bits per heavy atom. The highest BCUT2D eigenvalue weighted by atomic mass is 16.5. The van der Waals surface area contributed by atoms with Crippen LogP contribution in [0.2, 0.25) is 0 Å². The number of allylic oxidation sites excluding steroid dienone is 4. The molecule has 58 heavy (non-hydrogen) atoms. The van der Waals surface area contributed by atoms with E-state index in [9.17, 15) is 19.8 Å². The number of aliphatic hydroxyl groups is 2. The van der Waals surface area contributed by atoms with Crippen molar-refractivity contribution in [3.63, 3.8) is 0 Å². The van der Waals surface area contributed by atoms with Crippen molar-refractivity contribution < 1.29 is 24.5 Å². The molecule has 0 heterocycles. The third-order valence-electron chi connectivity index (χ3n) is 11.8. The predicted molar refractivity (Wildman–Crippen MR) is 250 cm³/mol. The van der Waals surface area contributed by atoms with Crippen molar-refractivity contribution >= 4 is 11.9 Å². The van der Waals surface area contributed by atoms with Gasteiger partial charge in [0.05, 0.1) is 25.4 Å². The zero-order valence-electron chi connectivity index (χ0n) is 38.8. The average molecular weight is 818 g/mol. The second kappa shape index (κ2) is 48.0. The summed E-state index contributed by atoms with van der Waals surface area (Å²) in [6.45, 7) is 4.89. The summed E-state index contributed by atoms with van der Waals surface area (Å²) in [7, 11) is 0. The lowest BCUT2D eigenvalue weighted by atomic mass is 10.0. The van der Waals surface area contributed by atoms with E-state index in [-0.39, 0.29) is 18.5 Å². The van der Waals surface area contributed by atoms with E-state index in [1.165, 1.54) is 180 Å². The molecule has 0 aromatic carbocycles. The van der Waals surface area contributed by atoms with Crippen molar-refractivity contribution in [1.82, 2.24) is 5.32 Å². The fourth-order valence-corrected chi connectivity index (χ4v) is 7.79. The SMILES string of the molecule is CCCCCC/C=C\C/C=C\CCCCCCCC(=O)OCCCCCCCCCCCCCCCCC(=O)NC(CO)C(O)CCCCCCCCCCCCC. The molecule has 0 aliphatic heterocycles. The van der Waals surface area contributed by atoms with Crippen molar-refractivity contribution in [3.8, 4) is 0 Å². The number of hydrogen-bond acceptors (Lipinski definition) is 5. The first kappa shape index (κ1) is 56.3. The molecule has 0 aliphatic carbocycles. The van der Waals surface area contributed by atoms with Gasteiger partial charge in [-0.1, -0.05) is 224 Å². The molecule has 1 amide bonds. The van der Waals surface area contributed by atoms with Crippen molar-refractivity contribution in [2.24, 2.45) is 0 Å². The van der Waals surface area contributed by atoms with E-state index in [1.54, 1.807) is 0 Å². The number of aliphatic hydroxyl groups excluding tert-OH is 2. The molecule has 0 aromatic rings. The Kier molecular flexibility index (Phi) is 46.6. The lowest BCUT2D eigenvalue weighted by Gasteiger charge is -2.22. The highest BCUT2D eigenvalue weighted by molar-refractivity contribution is 5.76. The van der Waals surface area contributed by atoms with Gasteiger partial charge in [0, 0.05) is 12.8 Å². The highest BCUT2D eigenvalue weighted by Gasteiger charge is 2.20. The molecule has 0 saturated heterocycles. The first-order chi connectivity index (χ1) is 28.5. The second-order valence-electron chi connectivity index (χ2n) is 17.5. The molecule has 3 N–H and O–H groups in total. The average Bonchev–Trinajstić information content (AvgIpc) is 3.22. The number of carbonyl (C=O) groups is 2. The summed E-state index contributed by atoms with van der Waals surface area (Å²) in [5, 5.41) is 23.1. The number of unbranched alkanes of at least 4 members (excludes halogenated alkanes) is 32. The Morgan fingerprint density at radius 3 is 1.33 bits per heavy atom. The monoisotopic (exact) mass is 818 g/mol. The maximum atomic E-state index is 12.4. The van der Waals surface area contributed by atoms with E-state index in [2.05, 4.69) is 43.5 Å². The number of hydrogen-bond donors (Lipinski definition) is 3. The van der Waals surface area contributed by atoms with Crippen LogP contribution in [-0.2, 0) is 14.3 Å². The van der Waals surface area contributed by atoms with Gasteiger partial charge in [-0.2, -0.15) is 0 Å². The molecule has 0 saturated carbocycles. The number of nitrogens with one attached hydrogen (secondary N) is 1. The Balaban J connectivity index is 3.44. The number of ether oxygens (including phenoxy) is 1. The van der Waals surface area contributed by atoms with Crippen LogP contribution >= 0.6 is 0 Å². The molecule has 0 spiro atoms. The van der Waals surface area contributed by atoms with Crippen LogP contribution in [0.5, 0.6) is 0 Å².